The van der Waals surface area contributed by atoms with Gasteiger partial charge in [0.2, 0.25) is 0 Å². The summed E-state index contributed by atoms with van der Waals surface area (Å²) in [5, 5.41) is 20.1. The van der Waals surface area contributed by atoms with Crippen molar-refractivity contribution in [3.63, 3.8) is 0 Å². The first-order valence-electron chi connectivity index (χ1n) is 5.61. The first-order chi connectivity index (χ1) is 10.4. The van der Waals surface area contributed by atoms with E-state index >= 15 is 0 Å². The molecule has 10 heteroatoms. The molecule has 112 valence electrons. The van der Waals surface area contributed by atoms with Gasteiger partial charge in [-0.25, -0.2) is 13.8 Å². The van der Waals surface area contributed by atoms with Crippen LogP contribution in [0, 0.1) is 33.1 Å². The van der Waals surface area contributed by atoms with E-state index in [-0.39, 0.29) is 5.16 Å². The fraction of sp³-hybridized carbons (Fsp3) is 0.0833. The van der Waals surface area contributed by atoms with Crippen molar-refractivity contribution in [2.75, 3.05) is 6.26 Å². The zero-order valence-electron chi connectivity index (χ0n) is 10.9. The lowest BCUT2D eigenvalue weighted by Crippen LogP contribution is -2.15. The van der Waals surface area contributed by atoms with Crippen LogP contribution in [0.4, 0.5) is 14.5 Å². The lowest BCUT2D eigenvalue weighted by Gasteiger charge is -2.07. The maximum absolute atomic E-state index is 14.0. The van der Waals surface area contributed by atoms with Crippen LogP contribution in [0.2, 0.25) is 0 Å². The Bertz CT molecular complexity index is 876. The third-order valence-electron chi connectivity index (χ3n) is 2.67. The van der Waals surface area contributed by atoms with Crippen LogP contribution < -0.4 is 5.56 Å². The molecule has 0 saturated carbocycles. The number of H-pyrrole nitrogens is 1. The molecule has 0 amide bonds. The average Bonchev–Trinajstić information content (AvgIpc) is 2.45. The van der Waals surface area contributed by atoms with E-state index in [0.717, 1.165) is 11.8 Å². The predicted molar refractivity (Wildman–Crippen MR) is 73.4 cm³/mol. The summed E-state index contributed by atoms with van der Waals surface area (Å²) >= 11 is 0.992. The van der Waals surface area contributed by atoms with Gasteiger partial charge in [-0.3, -0.25) is 14.9 Å². The molecule has 0 aliphatic heterocycles. The summed E-state index contributed by atoms with van der Waals surface area (Å²) in [6, 6.07) is 2.45. The Labute approximate surface area is 125 Å². The number of hydrogen-bond donors (Lipinski definition) is 1. The first-order valence-corrected chi connectivity index (χ1v) is 6.83. The van der Waals surface area contributed by atoms with Crippen molar-refractivity contribution in [3.8, 4) is 17.3 Å². The minimum atomic E-state index is -1.28. The van der Waals surface area contributed by atoms with E-state index in [9.17, 15) is 23.7 Å². The van der Waals surface area contributed by atoms with Gasteiger partial charge in [0.25, 0.3) is 11.2 Å². The van der Waals surface area contributed by atoms with Crippen molar-refractivity contribution < 1.29 is 13.7 Å². The molecular formula is C12H6F2N4O3S. The molecule has 22 heavy (non-hydrogen) atoms. The van der Waals surface area contributed by atoms with Crippen molar-refractivity contribution in [1.29, 1.82) is 5.26 Å². The van der Waals surface area contributed by atoms with Crippen molar-refractivity contribution in [2.45, 2.75) is 5.16 Å². The van der Waals surface area contributed by atoms with Crippen LogP contribution in [-0.2, 0) is 0 Å². The van der Waals surface area contributed by atoms with Gasteiger partial charge in [0, 0.05) is 6.07 Å². The number of benzene rings is 1. The van der Waals surface area contributed by atoms with Gasteiger partial charge in [0.05, 0.1) is 11.0 Å². The minimum absolute atomic E-state index is 0.0389. The molecule has 1 heterocycles. The first kappa shape index (κ1) is 15.6. The number of nitriles is 1. The number of aromatic nitrogens is 2. The number of nitrogens with one attached hydrogen (secondary N) is 1. The number of nitro groups is 1. The minimum Gasteiger partial charge on any atom is -0.300 e. The molecule has 0 bridgehead atoms. The summed E-state index contributed by atoms with van der Waals surface area (Å²) in [4.78, 5) is 27.9. The maximum Gasteiger partial charge on any atom is 0.284 e. The molecule has 2 rings (SSSR count). The molecule has 0 unspecified atom stereocenters. The number of nitrogens with zero attached hydrogens (tertiary/aromatic N) is 3. The summed E-state index contributed by atoms with van der Waals surface area (Å²) in [5.74, 6) is -2.44. The van der Waals surface area contributed by atoms with Crippen LogP contribution in [0.1, 0.15) is 5.56 Å². The molecule has 0 aliphatic carbocycles. The molecule has 0 saturated heterocycles. The van der Waals surface area contributed by atoms with Crippen molar-refractivity contribution >= 4 is 17.4 Å². The third-order valence-corrected chi connectivity index (χ3v) is 3.25. The van der Waals surface area contributed by atoms with Crippen molar-refractivity contribution in [3.05, 3.63) is 49.8 Å². The van der Waals surface area contributed by atoms with Crippen molar-refractivity contribution in [2.24, 2.45) is 0 Å². The summed E-state index contributed by atoms with van der Waals surface area (Å²) in [5.41, 5.74) is -3.58. The average molecular weight is 324 g/mol. The van der Waals surface area contributed by atoms with Crippen LogP contribution >= 0.6 is 11.8 Å². The van der Waals surface area contributed by atoms with Gasteiger partial charge >= 0.3 is 0 Å². The van der Waals surface area contributed by atoms with Gasteiger partial charge in [-0.1, -0.05) is 11.8 Å². The Morgan fingerprint density at radius 3 is 2.68 bits per heavy atom. The standard InChI is InChI=1S/C12H6F2N4O3S/c1-22-12-16-10(6(4-15)11(19)17-12)9-7(14)2-5(13)3-8(9)18(20)21/h2-3H,1H3,(H,16,17,19). The summed E-state index contributed by atoms with van der Waals surface area (Å²) in [7, 11) is 0. The van der Waals surface area contributed by atoms with Crippen LogP contribution in [0.3, 0.4) is 0 Å². The topological polar surface area (TPSA) is 113 Å². The predicted octanol–water partition coefficient (Wildman–Crippen LogP) is 2.22. The maximum atomic E-state index is 14.0. The molecule has 0 atom stereocenters. The fourth-order valence-electron chi connectivity index (χ4n) is 1.77. The summed E-state index contributed by atoms with van der Waals surface area (Å²) in [6.07, 6.45) is 1.56. The van der Waals surface area contributed by atoms with Gasteiger partial charge in [0.15, 0.2) is 5.16 Å². The highest BCUT2D eigenvalue weighted by Gasteiger charge is 2.27. The van der Waals surface area contributed by atoms with Crippen LogP contribution in [-0.4, -0.2) is 21.1 Å². The normalized spacial score (nSPS) is 10.3. The Balaban J connectivity index is 2.94. The van der Waals surface area contributed by atoms with Crippen LogP contribution in [0.5, 0.6) is 0 Å². The SMILES string of the molecule is CSc1nc(-c2c(F)cc(F)cc2[N+](=O)[O-])c(C#N)c(=O)[nH]1. The Kier molecular flexibility index (Phi) is 4.18. The quantitative estimate of drug-likeness (QED) is 0.401. The van der Waals surface area contributed by atoms with Gasteiger partial charge in [-0.2, -0.15) is 5.26 Å². The molecule has 0 aliphatic rings. The molecule has 0 spiro atoms. The largest absolute Gasteiger partial charge is 0.300 e. The zero-order valence-corrected chi connectivity index (χ0v) is 11.7. The zero-order chi connectivity index (χ0) is 16.4. The molecular weight excluding hydrogens is 318 g/mol. The molecule has 1 aromatic heterocycles. The second-order valence-electron chi connectivity index (χ2n) is 3.95. The lowest BCUT2D eigenvalue weighted by atomic mass is 10.0. The van der Waals surface area contributed by atoms with Gasteiger partial charge in [-0.15, -0.1) is 0 Å². The summed E-state index contributed by atoms with van der Waals surface area (Å²) in [6.45, 7) is 0. The number of aromatic amines is 1. The van der Waals surface area contributed by atoms with Gasteiger partial charge in [-0.05, 0) is 6.26 Å². The van der Waals surface area contributed by atoms with E-state index in [1.54, 1.807) is 6.26 Å². The van der Waals surface area contributed by atoms with E-state index in [2.05, 4.69) is 9.97 Å². The summed E-state index contributed by atoms with van der Waals surface area (Å²) < 4.78 is 27.2. The molecule has 7 nitrogen and oxygen atoms in total. The third kappa shape index (κ3) is 2.66. The smallest absolute Gasteiger partial charge is 0.284 e. The number of nitro benzene ring substituents is 1. The van der Waals surface area contributed by atoms with Crippen LogP contribution in [0.15, 0.2) is 22.1 Å². The van der Waals surface area contributed by atoms with E-state index < -0.39 is 44.6 Å². The fourth-order valence-corrected chi connectivity index (χ4v) is 2.15. The Hall–Kier alpha value is -2.80. The highest BCUT2D eigenvalue weighted by molar-refractivity contribution is 7.98. The highest BCUT2D eigenvalue weighted by Crippen LogP contribution is 2.33. The number of halogens is 2. The van der Waals surface area contributed by atoms with Gasteiger partial charge in [0.1, 0.15) is 34.5 Å². The second kappa shape index (κ2) is 5.90. The molecule has 1 aromatic carbocycles. The number of hydrogen-bond acceptors (Lipinski definition) is 6. The monoisotopic (exact) mass is 324 g/mol. The second-order valence-corrected chi connectivity index (χ2v) is 4.74. The van der Waals surface area contributed by atoms with E-state index in [1.165, 1.54) is 6.07 Å². The van der Waals surface area contributed by atoms with E-state index in [4.69, 9.17) is 5.26 Å². The van der Waals surface area contributed by atoms with E-state index in [0.29, 0.717) is 12.1 Å². The molecule has 2 aromatic rings. The van der Waals surface area contributed by atoms with E-state index in [1.807, 2.05) is 0 Å². The van der Waals surface area contributed by atoms with Crippen LogP contribution in [0.25, 0.3) is 11.3 Å². The van der Waals surface area contributed by atoms with Crippen molar-refractivity contribution in [1.82, 2.24) is 9.97 Å². The molecule has 1 N–H and O–H groups in total. The molecule has 0 fully saturated rings. The van der Waals surface area contributed by atoms with Gasteiger partial charge < -0.3 is 4.98 Å². The molecule has 0 radical (unpaired) electrons. The highest BCUT2D eigenvalue weighted by atomic mass is 32.2. The Morgan fingerprint density at radius 1 is 1.45 bits per heavy atom. The number of thioether (sulfide) groups is 1. The number of rotatable bonds is 3. The lowest BCUT2D eigenvalue weighted by molar-refractivity contribution is -0.384. The Morgan fingerprint density at radius 2 is 2.14 bits per heavy atom.